The topological polar surface area (TPSA) is 108 Å². The van der Waals surface area contributed by atoms with Crippen molar-refractivity contribution >= 4 is 11.9 Å². The number of carbonyl (C=O) groups excluding carboxylic acids is 2. The minimum atomic E-state index is -0.701. The lowest BCUT2D eigenvalue weighted by atomic mass is 9.91. The zero-order valence-corrected chi connectivity index (χ0v) is 18.7. The molecule has 6 rings (SSSR count). The monoisotopic (exact) mass is 478 g/mol. The Balaban J connectivity index is 1.72. The van der Waals surface area contributed by atoms with E-state index in [0.29, 0.717) is 11.3 Å². The number of carbonyl (C=O) groups is 2. The molecule has 10 nitrogen and oxygen atoms in total. The molecule has 0 saturated carbocycles. The van der Waals surface area contributed by atoms with Gasteiger partial charge >= 0.3 is 11.9 Å². The van der Waals surface area contributed by atoms with Crippen LogP contribution in [0.2, 0.25) is 0 Å². The Labute approximate surface area is 198 Å². The van der Waals surface area contributed by atoms with Gasteiger partial charge in [0.2, 0.25) is 25.1 Å². The van der Waals surface area contributed by atoms with E-state index in [0.717, 1.165) is 0 Å². The van der Waals surface area contributed by atoms with Crippen molar-refractivity contribution in [3.63, 3.8) is 0 Å². The molecule has 3 aliphatic heterocycles. The number of cyclic esters (lactones) is 1. The normalized spacial score (nSPS) is 15.1. The van der Waals surface area contributed by atoms with E-state index in [1.165, 1.54) is 26.4 Å². The highest BCUT2D eigenvalue weighted by Gasteiger charge is 2.38. The highest BCUT2D eigenvalue weighted by molar-refractivity contribution is 6.09. The molecule has 0 amide bonds. The molecule has 10 heteroatoms. The Kier molecular flexibility index (Phi) is 4.80. The summed E-state index contributed by atoms with van der Waals surface area (Å²) in [6.07, 6.45) is 0. The predicted octanol–water partition coefficient (Wildman–Crippen LogP) is 3.72. The second-order valence-corrected chi connectivity index (χ2v) is 7.71. The minimum absolute atomic E-state index is 0.0678. The van der Waals surface area contributed by atoms with Gasteiger partial charge in [-0.2, -0.15) is 0 Å². The lowest BCUT2D eigenvalue weighted by Gasteiger charge is -2.19. The van der Waals surface area contributed by atoms with Crippen LogP contribution in [0.5, 0.6) is 40.2 Å². The number of para-hydroxylation sites is 1. The van der Waals surface area contributed by atoms with E-state index < -0.39 is 11.9 Å². The van der Waals surface area contributed by atoms with Crippen LogP contribution in [0.15, 0.2) is 36.4 Å². The third kappa shape index (κ3) is 3.17. The van der Waals surface area contributed by atoms with Crippen LogP contribution in [0.4, 0.5) is 0 Å². The van der Waals surface area contributed by atoms with Crippen LogP contribution in [0.1, 0.15) is 26.3 Å². The molecule has 0 bridgehead atoms. The fraction of sp³-hybridized carbons (Fsp3) is 0.200. The van der Waals surface area contributed by atoms with Crippen molar-refractivity contribution in [3.05, 3.63) is 53.1 Å². The maximum absolute atomic E-state index is 13.6. The average molecular weight is 478 g/mol. The Hall–Kier alpha value is -4.60. The van der Waals surface area contributed by atoms with Crippen LogP contribution in [-0.2, 0) is 11.3 Å². The van der Waals surface area contributed by atoms with Gasteiger partial charge in [0, 0.05) is 16.7 Å². The van der Waals surface area contributed by atoms with Crippen molar-refractivity contribution in [2.24, 2.45) is 0 Å². The summed E-state index contributed by atoms with van der Waals surface area (Å²) in [6.45, 7) is -0.314. The summed E-state index contributed by atoms with van der Waals surface area (Å²) in [6, 6.07) is 9.76. The SMILES string of the molecule is COc1cc2c(c3c1OCO3)-c1c(cc3c(c1OC)OCO3)C(=O)Oc1ccccc1COC2=O. The molecule has 0 saturated heterocycles. The lowest BCUT2D eigenvalue weighted by molar-refractivity contribution is 0.0470. The first-order valence-electron chi connectivity index (χ1n) is 10.6. The first-order chi connectivity index (χ1) is 17.1. The van der Waals surface area contributed by atoms with E-state index in [1.807, 2.05) is 0 Å². The predicted molar refractivity (Wildman–Crippen MR) is 118 cm³/mol. The molecular weight excluding hydrogens is 460 g/mol. The van der Waals surface area contributed by atoms with Gasteiger partial charge in [-0.1, -0.05) is 18.2 Å². The van der Waals surface area contributed by atoms with Gasteiger partial charge < -0.3 is 37.9 Å². The Bertz CT molecular complexity index is 1390. The van der Waals surface area contributed by atoms with E-state index >= 15 is 0 Å². The molecule has 0 spiro atoms. The molecule has 0 unspecified atom stereocenters. The number of hydrogen-bond acceptors (Lipinski definition) is 10. The van der Waals surface area contributed by atoms with E-state index in [1.54, 1.807) is 24.3 Å². The average Bonchev–Trinajstić information content (AvgIpc) is 3.55. The number of rotatable bonds is 2. The fourth-order valence-electron chi connectivity index (χ4n) is 4.31. The van der Waals surface area contributed by atoms with Gasteiger partial charge in [0.15, 0.2) is 23.0 Å². The Morgan fingerprint density at radius 1 is 0.714 bits per heavy atom. The zero-order chi connectivity index (χ0) is 24.1. The van der Waals surface area contributed by atoms with E-state index in [4.69, 9.17) is 37.9 Å². The molecule has 3 aromatic carbocycles. The molecule has 35 heavy (non-hydrogen) atoms. The molecular formula is C25H18O10. The second-order valence-electron chi connectivity index (χ2n) is 7.71. The lowest BCUT2D eigenvalue weighted by Crippen LogP contribution is -2.12. The van der Waals surface area contributed by atoms with Gasteiger partial charge in [0.05, 0.1) is 25.3 Å². The molecule has 0 aromatic heterocycles. The maximum atomic E-state index is 13.6. The Morgan fingerprint density at radius 2 is 1.46 bits per heavy atom. The summed E-state index contributed by atoms with van der Waals surface area (Å²) in [7, 11) is 2.86. The highest BCUT2D eigenvalue weighted by atomic mass is 16.7. The molecule has 3 aliphatic rings. The van der Waals surface area contributed by atoms with E-state index in [9.17, 15) is 9.59 Å². The van der Waals surface area contributed by atoms with Crippen molar-refractivity contribution in [2.75, 3.05) is 27.8 Å². The fourth-order valence-corrected chi connectivity index (χ4v) is 4.31. The number of ether oxygens (including phenoxy) is 8. The molecule has 0 fully saturated rings. The number of methoxy groups -OCH3 is 2. The van der Waals surface area contributed by atoms with Crippen LogP contribution in [0.3, 0.4) is 0 Å². The molecule has 3 heterocycles. The summed E-state index contributed by atoms with van der Waals surface area (Å²) in [4.78, 5) is 27.0. The van der Waals surface area contributed by atoms with Crippen LogP contribution in [0.25, 0.3) is 11.1 Å². The van der Waals surface area contributed by atoms with Crippen molar-refractivity contribution in [1.29, 1.82) is 0 Å². The summed E-state index contributed by atoms with van der Waals surface area (Å²) in [5.74, 6) is 0.351. The molecule has 0 radical (unpaired) electrons. The number of benzene rings is 3. The Morgan fingerprint density at radius 3 is 2.29 bits per heavy atom. The van der Waals surface area contributed by atoms with E-state index in [-0.39, 0.29) is 76.9 Å². The summed E-state index contributed by atoms with van der Waals surface area (Å²) >= 11 is 0. The van der Waals surface area contributed by atoms with E-state index in [2.05, 4.69) is 0 Å². The zero-order valence-electron chi connectivity index (χ0n) is 18.7. The van der Waals surface area contributed by atoms with Gasteiger partial charge in [0.1, 0.15) is 12.4 Å². The van der Waals surface area contributed by atoms with Gasteiger partial charge in [0.25, 0.3) is 0 Å². The van der Waals surface area contributed by atoms with Crippen LogP contribution < -0.4 is 33.2 Å². The first-order valence-corrected chi connectivity index (χ1v) is 10.6. The van der Waals surface area contributed by atoms with Crippen LogP contribution >= 0.6 is 0 Å². The largest absolute Gasteiger partial charge is 0.493 e. The second kappa shape index (κ2) is 8.01. The van der Waals surface area contributed by atoms with Crippen molar-refractivity contribution in [1.82, 2.24) is 0 Å². The van der Waals surface area contributed by atoms with Gasteiger partial charge in [-0.15, -0.1) is 0 Å². The molecule has 0 atom stereocenters. The third-order valence-corrected chi connectivity index (χ3v) is 5.88. The minimum Gasteiger partial charge on any atom is -0.493 e. The number of hydrogen-bond donors (Lipinski definition) is 0. The maximum Gasteiger partial charge on any atom is 0.344 e. The van der Waals surface area contributed by atoms with Crippen LogP contribution in [-0.4, -0.2) is 39.7 Å². The third-order valence-electron chi connectivity index (χ3n) is 5.88. The first kappa shape index (κ1) is 21.0. The van der Waals surface area contributed by atoms with Gasteiger partial charge in [-0.3, -0.25) is 0 Å². The van der Waals surface area contributed by atoms with Gasteiger partial charge in [-0.25, -0.2) is 9.59 Å². The smallest absolute Gasteiger partial charge is 0.344 e. The van der Waals surface area contributed by atoms with Gasteiger partial charge in [-0.05, 0) is 18.2 Å². The molecule has 3 aromatic rings. The number of esters is 2. The van der Waals surface area contributed by atoms with Crippen LogP contribution in [0, 0.1) is 0 Å². The quantitative estimate of drug-likeness (QED) is 0.399. The van der Waals surface area contributed by atoms with Crippen molar-refractivity contribution in [2.45, 2.75) is 6.61 Å². The summed E-state index contributed by atoms with van der Waals surface area (Å²) in [5, 5.41) is 0. The molecule has 0 N–H and O–H groups in total. The highest BCUT2D eigenvalue weighted by Crippen LogP contribution is 2.56. The standard InChI is InChI=1S/C25H18O10/c1-28-16-7-13-19(23-20(16)33-11-34-23)18-14(8-17-21(22(18)29-2)32-10-31-17)25(27)35-15-6-4-3-5-12(15)9-30-24(13)26/h3-8H,9-11H2,1-2H3. The summed E-state index contributed by atoms with van der Waals surface area (Å²) in [5.41, 5.74) is 1.09. The van der Waals surface area contributed by atoms with Crippen molar-refractivity contribution in [3.8, 4) is 51.4 Å². The number of fused-ring (bicyclic) bond motifs is 7. The summed E-state index contributed by atoms with van der Waals surface area (Å²) < 4.78 is 45.1. The van der Waals surface area contributed by atoms with Crippen molar-refractivity contribution < 1.29 is 47.5 Å². The molecule has 0 aliphatic carbocycles. The molecule has 178 valence electrons.